The smallest absolute Gasteiger partial charge is 0.162 e. The third kappa shape index (κ3) is 4.78. The minimum atomic E-state index is 0.189. The van der Waals surface area contributed by atoms with Gasteiger partial charge in [0.2, 0.25) is 0 Å². The second-order valence-electron chi connectivity index (χ2n) is 9.87. The van der Waals surface area contributed by atoms with Crippen LogP contribution in [0.1, 0.15) is 11.3 Å². The van der Waals surface area contributed by atoms with E-state index in [1.54, 1.807) is 0 Å². The van der Waals surface area contributed by atoms with Crippen molar-refractivity contribution in [2.45, 2.75) is 0 Å². The van der Waals surface area contributed by atoms with Gasteiger partial charge in [-0.3, -0.25) is 15.4 Å². The first-order valence-electron chi connectivity index (χ1n) is 13.6. The number of rotatable bonds is 5. The van der Waals surface area contributed by atoms with Gasteiger partial charge in [-0.1, -0.05) is 121 Å². The van der Waals surface area contributed by atoms with Gasteiger partial charge in [-0.25, -0.2) is 9.97 Å². The van der Waals surface area contributed by atoms with Crippen molar-refractivity contribution < 1.29 is 0 Å². The van der Waals surface area contributed by atoms with Crippen LogP contribution in [0.2, 0.25) is 0 Å². The quantitative estimate of drug-likeness (QED) is 0.163. The molecule has 0 amide bonds. The largest absolute Gasteiger partial charge is 0.294 e. The average Bonchev–Trinajstić information content (AvgIpc) is 3.40. The average molecular weight is 560 g/mol. The normalized spacial score (nSPS) is 11.1. The Morgan fingerprint density at radius 3 is 1.67 bits per heavy atom. The molecular weight excluding hydrogens is 534 g/mol. The van der Waals surface area contributed by atoms with Crippen molar-refractivity contribution >= 4 is 43.7 Å². The Hall–Kier alpha value is -5.33. The van der Waals surface area contributed by atoms with E-state index in [1.165, 1.54) is 0 Å². The molecule has 0 atom stereocenters. The van der Waals surface area contributed by atoms with Crippen LogP contribution in [0, 0.1) is 10.8 Å². The van der Waals surface area contributed by atoms with Gasteiger partial charge in [-0.05, 0) is 35.0 Å². The van der Waals surface area contributed by atoms with Gasteiger partial charge in [0.15, 0.2) is 5.82 Å². The lowest BCUT2D eigenvalue weighted by molar-refractivity contribution is 1.04. The Morgan fingerprint density at radius 1 is 0.524 bits per heavy atom. The van der Waals surface area contributed by atoms with Crippen LogP contribution < -0.4 is 0 Å². The zero-order valence-electron chi connectivity index (χ0n) is 22.5. The summed E-state index contributed by atoms with van der Waals surface area (Å²) in [6.45, 7) is 0. The standard InChI is InChI=1S/C36H25N5S/c37-34(26-21-19-25(20-22-26)24-11-3-1-4-12-24)42-35(38)30-23-33(40-36(39-30)27-13-5-2-6-14-27)41-31-17-9-7-15-28(31)29-16-8-10-18-32(29)41/h1-23,37-38H. The highest BCUT2D eigenvalue weighted by atomic mass is 32.2. The summed E-state index contributed by atoms with van der Waals surface area (Å²) >= 11 is 1.09. The van der Waals surface area contributed by atoms with Crippen LogP contribution in [0.25, 0.3) is 50.1 Å². The van der Waals surface area contributed by atoms with Crippen molar-refractivity contribution in [3.8, 4) is 28.3 Å². The van der Waals surface area contributed by atoms with E-state index in [0.717, 1.165) is 55.8 Å². The first-order valence-corrected chi connectivity index (χ1v) is 14.4. The highest BCUT2D eigenvalue weighted by Crippen LogP contribution is 2.32. The van der Waals surface area contributed by atoms with Crippen molar-refractivity contribution in [1.29, 1.82) is 10.8 Å². The molecule has 2 N–H and O–H groups in total. The molecule has 7 rings (SSSR count). The van der Waals surface area contributed by atoms with Crippen LogP contribution in [0.5, 0.6) is 0 Å². The van der Waals surface area contributed by atoms with E-state index in [0.29, 0.717) is 17.3 Å². The van der Waals surface area contributed by atoms with Gasteiger partial charge in [0.25, 0.3) is 0 Å². The minimum Gasteiger partial charge on any atom is -0.294 e. The van der Waals surface area contributed by atoms with E-state index in [2.05, 4.69) is 41.0 Å². The molecule has 7 aromatic rings. The molecule has 0 aliphatic rings. The zero-order chi connectivity index (χ0) is 28.5. The van der Waals surface area contributed by atoms with Gasteiger partial charge >= 0.3 is 0 Å². The predicted molar refractivity (Wildman–Crippen MR) is 175 cm³/mol. The molecule has 6 heteroatoms. The van der Waals surface area contributed by atoms with Gasteiger partial charge in [-0.2, -0.15) is 0 Å². The lowest BCUT2D eigenvalue weighted by atomic mass is 10.0. The minimum absolute atomic E-state index is 0.189. The molecule has 0 bridgehead atoms. The molecule has 0 fully saturated rings. The molecule has 200 valence electrons. The Morgan fingerprint density at radius 2 is 1.05 bits per heavy atom. The Labute approximate surface area is 247 Å². The van der Waals surface area contributed by atoms with Crippen LogP contribution in [-0.4, -0.2) is 24.6 Å². The molecule has 5 nitrogen and oxygen atoms in total. The number of fused-ring (bicyclic) bond motifs is 3. The topological polar surface area (TPSA) is 78.4 Å². The molecule has 0 saturated carbocycles. The van der Waals surface area contributed by atoms with Crippen molar-refractivity contribution in [3.63, 3.8) is 0 Å². The number of hydrogen-bond acceptors (Lipinski definition) is 5. The van der Waals surface area contributed by atoms with Crippen LogP contribution >= 0.6 is 11.8 Å². The number of hydrogen-bond donors (Lipinski definition) is 2. The molecule has 0 saturated heterocycles. The van der Waals surface area contributed by atoms with Crippen molar-refractivity contribution in [2.75, 3.05) is 0 Å². The van der Waals surface area contributed by atoms with E-state index in [1.807, 2.05) is 103 Å². The number of aromatic nitrogens is 3. The van der Waals surface area contributed by atoms with Gasteiger partial charge in [-0.15, -0.1) is 0 Å². The number of thioether (sulfide) groups is 1. The summed E-state index contributed by atoms with van der Waals surface area (Å²) in [5, 5.41) is 20.6. The monoisotopic (exact) mass is 559 g/mol. The number of benzene rings is 5. The maximum Gasteiger partial charge on any atom is 0.162 e. The maximum absolute atomic E-state index is 9.02. The molecule has 2 aromatic heterocycles. The van der Waals surface area contributed by atoms with Crippen molar-refractivity contribution in [3.05, 3.63) is 151 Å². The lowest BCUT2D eigenvalue weighted by Gasteiger charge is -2.12. The fourth-order valence-electron chi connectivity index (χ4n) is 5.21. The zero-order valence-corrected chi connectivity index (χ0v) is 23.3. The molecular formula is C36H25N5S. The van der Waals surface area contributed by atoms with E-state index < -0.39 is 0 Å². The fraction of sp³-hybridized carbons (Fsp3) is 0. The van der Waals surface area contributed by atoms with Crippen molar-refractivity contribution in [2.24, 2.45) is 0 Å². The molecule has 2 heterocycles. The summed E-state index contributed by atoms with van der Waals surface area (Å²) in [7, 11) is 0. The number of nitrogens with one attached hydrogen (secondary N) is 2. The van der Waals surface area contributed by atoms with E-state index in [4.69, 9.17) is 20.8 Å². The second-order valence-corrected chi connectivity index (χ2v) is 10.9. The molecule has 42 heavy (non-hydrogen) atoms. The molecule has 0 aliphatic heterocycles. The summed E-state index contributed by atoms with van der Waals surface area (Å²) in [5.41, 5.74) is 6.38. The summed E-state index contributed by atoms with van der Waals surface area (Å²) in [4.78, 5) is 9.80. The summed E-state index contributed by atoms with van der Waals surface area (Å²) in [5.74, 6) is 1.22. The number of para-hydroxylation sites is 2. The summed E-state index contributed by atoms with van der Waals surface area (Å²) < 4.78 is 2.13. The molecule has 0 spiro atoms. The molecule has 5 aromatic carbocycles. The van der Waals surface area contributed by atoms with E-state index in [-0.39, 0.29) is 10.1 Å². The highest BCUT2D eigenvalue weighted by molar-refractivity contribution is 8.27. The van der Waals surface area contributed by atoms with Crippen LogP contribution in [0.15, 0.2) is 140 Å². The van der Waals surface area contributed by atoms with Crippen LogP contribution in [0.4, 0.5) is 0 Å². The Balaban J connectivity index is 1.28. The SMILES string of the molecule is N=C(SC(=N)c1cc(-n2c3ccccc3c3ccccc32)nc(-c2ccccc2)n1)c1ccc(-c2ccccc2)cc1. The third-order valence-electron chi connectivity index (χ3n) is 7.24. The first-order chi connectivity index (χ1) is 20.7. The Bertz CT molecular complexity index is 2030. The van der Waals surface area contributed by atoms with Gasteiger partial charge in [0.05, 0.1) is 11.0 Å². The molecule has 0 radical (unpaired) electrons. The van der Waals surface area contributed by atoms with E-state index in [9.17, 15) is 0 Å². The third-order valence-corrected chi connectivity index (χ3v) is 8.10. The first kappa shape index (κ1) is 25.6. The van der Waals surface area contributed by atoms with Crippen LogP contribution in [-0.2, 0) is 0 Å². The van der Waals surface area contributed by atoms with Gasteiger partial charge in [0, 0.05) is 28.0 Å². The second kappa shape index (κ2) is 10.9. The molecule has 0 unspecified atom stereocenters. The van der Waals surface area contributed by atoms with Crippen molar-refractivity contribution in [1.82, 2.24) is 14.5 Å². The van der Waals surface area contributed by atoms with Gasteiger partial charge < -0.3 is 0 Å². The Kier molecular flexibility index (Phi) is 6.66. The molecule has 0 aliphatic carbocycles. The summed E-state index contributed by atoms with van der Waals surface area (Å²) in [6, 6.07) is 46.3. The highest BCUT2D eigenvalue weighted by Gasteiger charge is 2.18. The number of nitrogens with zero attached hydrogens (tertiary/aromatic N) is 3. The maximum atomic E-state index is 9.02. The van der Waals surface area contributed by atoms with Gasteiger partial charge in [0.1, 0.15) is 21.6 Å². The lowest BCUT2D eigenvalue weighted by Crippen LogP contribution is -2.08. The van der Waals surface area contributed by atoms with Crippen LogP contribution in [0.3, 0.4) is 0 Å². The summed E-state index contributed by atoms with van der Waals surface area (Å²) in [6.07, 6.45) is 0. The predicted octanol–water partition coefficient (Wildman–Crippen LogP) is 8.99. The van der Waals surface area contributed by atoms with E-state index >= 15 is 0 Å². The fourth-order valence-corrected chi connectivity index (χ4v) is 5.88.